The SMILES string of the molecule is CCC1(CC)OC(O)[C@@H]2OC(C)(C)O[C@@H]2[C@H]1OC. The Labute approximate surface area is 108 Å². The van der Waals surface area contributed by atoms with E-state index in [0.717, 1.165) is 12.8 Å². The number of hydrogen-bond donors (Lipinski definition) is 1. The summed E-state index contributed by atoms with van der Waals surface area (Å²) >= 11 is 0. The lowest BCUT2D eigenvalue weighted by Crippen LogP contribution is -2.63. The van der Waals surface area contributed by atoms with Crippen LogP contribution in [0.2, 0.25) is 0 Å². The third-order valence-electron chi connectivity index (χ3n) is 4.07. The zero-order valence-electron chi connectivity index (χ0n) is 11.8. The van der Waals surface area contributed by atoms with E-state index in [-0.39, 0.29) is 12.2 Å². The molecule has 2 aliphatic rings. The molecule has 0 amide bonds. The van der Waals surface area contributed by atoms with Crippen molar-refractivity contribution in [3.63, 3.8) is 0 Å². The quantitative estimate of drug-likeness (QED) is 0.832. The fourth-order valence-electron chi connectivity index (χ4n) is 3.11. The Kier molecular flexibility index (Phi) is 3.73. The highest BCUT2D eigenvalue weighted by atomic mass is 16.8. The molecular formula is C13H24O5. The van der Waals surface area contributed by atoms with E-state index < -0.39 is 23.8 Å². The molecule has 0 aromatic rings. The van der Waals surface area contributed by atoms with Gasteiger partial charge in [-0.3, -0.25) is 0 Å². The van der Waals surface area contributed by atoms with Crippen LogP contribution >= 0.6 is 0 Å². The molecule has 4 atom stereocenters. The van der Waals surface area contributed by atoms with Crippen molar-refractivity contribution in [3.8, 4) is 0 Å². The minimum absolute atomic E-state index is 0.234. The van der Waals surface area contributed by atoms with Gasteiger partial charge in [0, 0.05) is 7.11 Å². The van der Waals surface area contributed by atoms with Crippen molar-refractivity contribution in [2.75, 3.05) is 7.11 Å². The van der Waals surface area contributed by atoms with Gasteiger partial charge < -0.3 is 24.1 Å². The number of aliphatic hydroxyl groups is 1. The minimum atomic E-state index is -0.969. The molecule has 0 aromatic carbocycles. The molecule has 0 bridgehead atoms. The van der Waals surface area contributed by atoms with Gasteiger partial charge in [0.2, 0.25) is 0 Å². The highest BCUT2D eigenvalue weighted by Gasteiger charge is 2.59. The molecule has 0 aromatic heterocycles. The lowest BCUT2D eigenvalue weighted by molar-refractivity contribution is -0.305. The van der Waals surface area contributed by atoms with Gasteiger partial charge in [0.25, 0.3) is 0 Å². The highest BCUT2D eigenvalue weighted by Crippen LogP contribution is 2.44. The average molecular weight is 260 g/mol. The van der Waals surface area contributed by atoms with Crippen molar-refractivity contribution >= 4 is 0 Å². The van der Waals surface area contributed by atoms with Crippen molar-refractivity contribution in [2.45, 2.75) is 76.5 Å². The molecule has 5 heteroatoms. The lowest BCUT2D eigenvalue weighted by atomic mass is 9.82. The number of hydrogen-bond acceptors (Lipinski definition) is 5. The van der Waals surface area contributed by atoms with Crippen molar-refractivity contribution in [3.05, 3.63) is 0 Å². The average Bonchev–Trinajstić information content (AvgIpc) is 2.64. The van der Waals surface area contributed by atoms with Crippen LogP contribution in [-0.2, 0) is 18.9 Å². The second-order valence-electron chi connectivity index (χ2n) is 5.50. The molecule has 0 spiro atoms. The summed E-state index contributed by atoms with van der Waals surface area (Å²) in [6, 6.07) is 0. The molecule has 0 aliphatic carbocycles. The van der Waals surface area contributed by atoms with Crippen LogP contribution in [0.3, 0.4) is 0 Å². The molecule has 1 N–H and O–H groups in total. The smallest absolute Gasteiger partial charge is 0.184 e. The van der Waals surface area contributed by atoms with Crippen LogP contribution in [0.15, 0.2) is 0 Å². The highest BCUT2D eigenvalue weighted by molar-refractivity contribution is 5.03. The Morgan fingerprint density at radius 1 is 1.06 bits per heavy atom. The third kappa shape index (κ3) is 2.08. The maximum Gasteiger partial charge on any atom is 0.184 e. The second-order valence-corrected chi connectivity index (χ2v) is 5.50. The molecule has 2 saturated heterocycles. The normalized spacial score (nSPS) is 41.7. The Balaban J connectivity index is 2.31. The minimum Gasteiger partial charge on any atom is -0.376 e. The van der Waals surface area contributed by atoms with E-state index in [1.54, 1.807) is 7.11 Å². The van der Waals surface area contributed by atoms with Crippen LogP contribution in [0, 0.1) is 0 Å². The predicted molar refractivity (Wildman–Crippen MR) is 65.0 cm³/mol. The van der Waals surface area contributed by atoms with Crippen LogP contribution in [0.25, 0.3) is 0 Å². The van der Waals surface area contributed by atoms with Gasteiger partial charge in [-0.1, -0.05) is 13.8 Å². The maximum atomic E-state index is 10.1. The molecule has 0 saturated carbocycles. The van der Waals surface area contributed by atoms with E-state index in [1.807, 2.05) is 27.7 Å². The Hall–Kier alpha value is -0.200. The third-order valence-corrected chi connectivity index (χ3v) is 4.07. The fraction of sp³-hybridized carbons (Fsp3) is 1.00. The summed E-state index contributed by atoms with van der Waals surface area (Å²) < 4.78 is 23.0. The second kappa shape index (κ2) is 4.72. The monoisotopic (exact) mass is 260 g/mol. The summed E-state index contributed by atoms with van der Waals surface area (Å²) in [4.78, 5) is 0. The summed E-state index contributed by atoms with van der Waals surface area (Å²) in [7, 11) is 1.65. The van der Waals surface area contributed by atoms with Crippen LogP contribution in [-0.4, -0.2) is 48.2 Å². The van der Waals surface area contributed by atoms with E-state index in [4.69, 9.17) is 18.9 Å². The lowest BCUT2D eigenvalue weighted by Gasteiger charge is -2.48. The van der Waals surface area contributed by atoms with E-state index in [2.05, 4.69) is 0 Å². The van der Waals surface area contributed by atoms with E-state index in [9.17, 15) is 5.11 Å². The number of ether oxygens (including phenoxy) is 4. The molecule has 106 valence electrons. The van der Waals surface area contributed by atoms with Gasteiger partial charge in [0.05, 0.1) is 5.60 Å². The van der Waals surface area contributed by atoms with Crippen LogP contribution in [0.1, 0.15) is 40.5 Å². The molecule has 1 unspecified atom stereocenters. The van der Waals surface area contributed by atoms with Crippen molar-refractivity contribution < 1.29 is 24.1 Å². The first kappa shape index (κ1) is 14.2. The van der Waals surface area contributed by atoms with Crippen LogP contribution in [0.4, 0.5) is 0 Å². The van der Waals surface area contributed by atoms with Crippen LogP contribution in [0.5, 0.6) is 0 Å². The maximum absolute atomic E-state index is 10.1. The van der Waals surface area contributed by atoms with E-state index >= 15 is 0 Å². The summed E-state index contributed by atoms with van der Waals surface area (Å²) in [5.41, 5.74) is -0.515. The summed E-state index contributed by atoms with van der Waals surface area (Å²) in [6.07, 6.45) is -0.478. The zero-order valence-corrected chi connectivity index (χ0v) is 11.8. The first-order valence-electron chi connectivity index (χ1n) is 6.63. The Morgan fingerprint density at radius 3 is 2.11 bits per heavy atom. The predicted octanol–water partition coefficient (Wildman–Crippen LogP) is 1.43. The van der Waals surface area contributed by atoms with Crippen molar-refractivity contribution in [2.24, 2.45) is 0 Å². The van der Waals surface area contributed by atoms with E-state index in [1.165, 1.54) is 0 Å². The van der Waals surface area contributed by atoms with Gasteiger partial charge in [-0.15, -0.1) is 0 Å². The van der Waals surface area contributed by atoms with Gasteiger partial charge in [-0.2, -0.15) is 0 Å². The van der Waals surface area contributed by atoms with Gasteiger partial charge in [-0.05, 0) is 26.7 Å². The van der Waals surface area contributed by atoms with Gasteiger partial charge in [-0.25, -0.2) is 0 Å². The molecule has 2 rings (SSSR count). The summed E-state index contributed by atoms with van der Waals surface area (Å²) in [5.74, 6) is -0.714. The molecule has 0 radical (unpaired) electrons. The molecule has 2 heterocycles. The fourth-order valence-corrected chi connectivity index (χ4v) is 3.11. The van der Waals surface area contributed by atoms with Crippen molar-refractivity contribution in [1.82, 2.24) is 0 Å². The number of fused-ring (bicyclic) bond motifs is 1. The zero-order chi connectivity index (χ0) is 13.6. The topological polar surface area (TPSA) is 57.2 Å². The van der Waals surface area contributed by atoms with E-state index in [0.29, 0.717) is 0 Å². The summed E-state index contributed by atoms with van der Waals surface area (Å²) in [5, 5.41) is 10.1. The molecule has 5 nitrogen and oxygen atoms in total. The first-order chi connectivity index (χ1) is 8.39. The number of methoxy groups -OCH3 is 1. The molecule has 2 fully saturated rings. The molecular weight excluding hydrogens is 236 g/mol. The largest absolute Gasteiger partial charge is 0.376 e. The molecule has 2 aliphatic heterocycles. The van der Waals surface area contributed by atoms with Crippen LogP contribution < -0.4 is 0 Å². The summed E-state index contributed by atoms with van der Waals surface area (Å²) in [6.45, 7) is 7.74. The van der Waals surface area contributed by atoms with Gasteiger partial charge in [0.15, 0.2) is 12.1 Å². The first-order valence-corrected chi connectivity index (χ1v) is 6.63. The van der Waals surface area contributed by atoms with Gasteiger partial charge in [0.1, 0.15) is 18.3 Å². The Morgan fingerprint density at radius 2 is 1.61 bits per heavy atom. The standard InChI is InChI=1S/C13H24O5/c1-6-13(7-2)10(15-5)8-9(11(14)18-13)17-12(3,4)16-8/h8-11,14H,6-7H2,1-5H3/t8-,9+,10+,11?/m0/s1. The van der Waals surface area contributed by atoms with Crippen molar-refractivity contribution in [1.29, 1.82) is 0 Å². The molecule has 18 heavy (non-hydrogen) atoms. The van der Waals surface area contributed by atoms with Gasteiger partial charge >= 0.3 is 0 Å². The number of rotatable bonds is 3. The Bertz CT molecular complexity index is 300. The number of aliphatic hydroxyl groups excluding tert-OH is 1.